The van der Waals surface area contributed by atoms with Gasteiger partial charge in [-0.15, -0.1) is 10.2 Å². The van der Waals surface area contributed by atoms with E-state index in [2.05, 4.69) is 10.2 Å². The van der Waals surface area contributed by atoms with Gasteiger partial charge in [0.2, 0.25) is 5.91 Å². The molecule has 1 aliphatic rings. The number of likely N-dealkylation sites (tertiary alicyclic amines) is 1. The van der Waals surface area contributed by atoms with Crippen molar-refractivity contribution < 1.29 is 14.3 Å². The Bertz CT molecular complexity index is 691. The molecule has 0 atom stereocenters. The third kappa shape index (κ3) is 4.49. The molecule has 1 aromatic carbocycles. The number of rotatable bonds is 6. The Balaban J connectivity index is 1.43. The largest absolute Gasteiger partial charge is 0.497 e. The van der Waals surface area contributed by atoms with E-state index in [4.69, 9.17) is 9.47 Å². The summed E-state index contributed by atoms with van der Waals surface area (Å²) in [6.07, 6.45) is 4.59. The molecule has 1 aliphatic heterocycles. The van der Waals surface area contributed by atoms with E-state index in [0.29, 0.717) is 12.8 Å². The van der Waals surface area contributed by atoms with Crippen LogP contribution in [0.5, 0.6) is 11.5 Å². The fourth-order valence-corrected chi connectivity index (χ4v) is 2.98. The van der Waals surface area contributed by atoms with E-state index < -0.39 is 0 Å². The van der Waals surface area contributed by atoms with Gasteiger partial charge in [-0.1, -0.05) is 0 Å². The molecule has 7 nitrogen and oxygen atoms in total. The second-order valence-corrected chi connectivity index (χ2v) is 6.23. The second-order valence-electron chi connectivity index (χ2n) is 6.23. The molecule has 7 heteroatoms. The molecule has 25 heavy (non-hydrogen) atoms. The number of benzene rings is 1. The lowest BCUT2D eigenvalue weighted by Crippen LogP contribution is -2.41. The van der Waals surface area contributed by atoms with E-state index in [1.165, 1.54) is 0 Å². The zero-order valence-corrected chi connectivity index (χ0v) is 14.7. The zero-order chi connectivity index (χ0) is 17.6. The summed E-state index contributed by atoms with van der Waals surface area (Å²) < 4.78 is 13.0. The maximum Gasteiger partial charge on any atom is 0.223 e. The van der Waals surface area contributed by atoms with Gasteiger partial charge >= 0.3 is 0 Å². The van der Waals surface area contributed by atoms with Crippen molar-refractivity contribution in [1.29, 1.82) is 0 Å². The van der Waals surface area contributed by atoms with Gasteiger partial charge < -0.3 is 18.9 Å². The molecule has 0 radical (unpaired) electrons. The Labute approximate surface area is 147 Å². The highest BCUT2D eigenvalue weighted by Crippen LogP contribution is 2.22. The minimum Gasteiger partial charge on any atom is -0.497 e. The summed E-state index contributed by atoms with van der Waals surface area (Å²) in [6, 6.07) is 7.61. The zero-order valence-electron chi connectivity index (χ0n) is 14.7. The number of carbonyl (C=O) groups excluding carboxylic acids is 1. The molecule has 1 amide bonds. The van der Waals surface area contributed by atoms with Crippen LogP contribution in [-0.2, 0) is 18.3 Å². The standard InChI is InChI=1S/C18H24N4O3/c1-21-13-19-20-17(21)7-8-18(23)22-11-9-16(10-12-22)25-15-5-3-14(24-2)4-6-15/h3-6,13,16H,7-12H2,1-2H3. The van der Waals surface area contributed by atoms with Crippen molar-refractivity contribution in [3.05, 3.63) is 36.4 Å². The van der Waals surface area contributed by atoms with Crippen LogP contribution in [0.3, 0.4) is 0 Å². The number of hydrogen-bond acceptors (Lipinski definition) is 5. The summed E-state index contributed by atoms with van der Waals surface area (Å²) in [6.45, 7) is 1.47. The molecule has 0 bridgehead atoms. The molecule has 1 aromatic heterocycles. The lowest BCUT2D eigenvalue weighted by molar-refractivity contribution is -0.133. The first-order valence-corrected chi connectivity index (χ1v) is 8.57. The first-order chi connectivity index (χ1) is 12.2. The maximum atomic E-state index is 12.4. The third-order valence-electron chi connectivity index (χ3n) is 4.52. The normalized spacial score (nSPS) is 15.2. The van der Waals surface area contributed by atoms with E-state index >= 15 is 0 Å². The number of piperidine rings is 1. The van der Waals surface area contributed by atoms with Gasteiger partial charge in [-0.25, -0.2) is 0 Å². The molecule has 0 saturated carbocycles. The van der Waals surface area contributed by atoms with Gasteiger partial charge in [0, 0.05) is 45.8 Å². The Morgan fingerprint density at radius 3 is 2.48 bits per heavy atom. The van der Waals surface area contributed by atoms with Gasteiger partial charge in [0.05, 0.1) is 7.11 Å². The van der Waals surface area contributed by atoms with Crippen molar-refractivity contribution in [2.24, 2.45) is 7.05 Å². The number of ether oxygens (including phenoxy) is 2. The molecule has 0 N–H and O–H groups in total. The molecule has 2 heterocycles. The van der Waals surface area contributed by atoms with Gasteiger partial charge in [0.1, 0.15) is 29.8 Å². The average Bonchev–Trinajstić information content (AvgIpc) is 3.06. The molecule has 1 saturated heterocycles. The minimum atomic E-state index is 0.149. The molecule has 0 spiro atoms. The molecular weight excluding hydrogens is 320 g/mol. The average molecular weight is 344 g/mol. The summed E-state index contributed by atoms with van der Waals surface area (Å²) in [5.41, 5.74) is 0. The number of methoxy groups -OCH3 is 1. The molecule has 3 rings (SSSR count). The first kappa shape index (κ1) is 17.3. The molecule has 1 fully saturated rings. The van der Waals surface area contributed by atoms with Crippen LogP contribution in [0.2, 0.25) is 0 Å². The summed E-state index contributed by atoms with van der Waals surface area (Å²) >= 11 is 0. The number of amides is 1. The van der Waals surface area contributed by atoms with Gasteiger partial charge in [-0.3, -0.25) is 4.79 Å². The number of aromatic nitrogens is 3. The first-order valence-electron chi connectivity index (χ1n) is 8.57. The lowest BCUT2D eigenvalue weighted by atomic mass is 10.1. The second kappa shape index (κ2) is 8.00. The maximum absolute atomic E-state index is 12.4. The number of aryl methyl sites for hydroxylation is 2. The predicted octanol–water partition coefficient (Wildman–Crippen LogP) is 1.83. The summed E-state index contributed by atoms with van der Waals surface area (Å²) in [5.74, 6) is 2.67. The van der Waals surface area contributed by atoms with Gasteiger partial charge in [-0.2, -0.15) is 0 Å². The van der Waals surface area contributed by atoms with Gasteiger partial charge in [-0.05, 0) is 24.3 Å². The van der Waals surface area contributed by atoms with Crippen LogP contribution in [0.15, 0.2) is 30.6 Å². The molecule has 0 unspecified atom stereocenters. The van der Waals surface area contributed by atoms with Gasteiger partial charge in [0.15, 0.2) is 0 Å². The molecule has 134 valence electrons. The Kier molecular flexibility index (Phi) is 5.53. The fraction of sp³-hybridized carbons (Fsp3) is 0.500. The van der Waals surface area contributed by atoms with Crippen LogP contribution < -0.4 is 9.47 Å². The summed E-state index contributed by atoms with van der Waals surface area (Å²) in [7, 11) is 3.54. The van der Waals surface area contributed by atoms with Crippen LogP contribution in [0.25, 0.3) is 0 Å². The van der Waals surface area contributed by atoms with E-state index in [1.54, 1.807) is 13.4 Å². The Hall–Kier alpha value is -2.57. The Morgan fingerprint density at radius 1 is 1.20 bits per heavy atom. The summed E-state index contributed by atoms with van der Waals surface area (Å²) in [4.78, 5) is 14.3. The fourth-order valence-electron chi connectivity index (χ4n) is 2.98. The number of nitrogens with zero attached hydrogens (tertiary/aromatic N) is 4. The topological polar surface area (TPSA) is 69.5 Å². The van der Waals surface area contributed by atoms with Crippen LogP contribution in [0, 0.1) is 0 Å². The highest BCUT2D eigenvalue weighted by atomic mass is 16.5. The third-order valence-corrected chi connectivity index (χ3v) is 4.52. The number of carbonyl (C=O) groups is 1. The van der Waals surface area contributed by atoms with Gasteiger partial charge in [0.25, 0.3) is 0 Å². The molecular formula is C18H24N4O3. The monoisotopic (exact) mass is 344 g/mol. The predicted molar refractivity (Wildman–Crippen MR) is 92.5 cm³/mol. The van der Waals surface area contributed by atoms with E-state index in [9.17, 15) is 4.79 Å². The van der Waals surface area contributed by atoms with Crippen molar-refractivity contribution in [2.75, 3.05) is 20.2 Å². The summed E-state index contributed by atoms with van der Waals surface area (Å²) in [5, 5.41) is 7.85. The van der Waals surface area contributed by atoms with Crippen LogP contribution in [-0.4, -0.2) is 51.9 Å². The highest BCUT2D eigenvalue weighted by molar-refractivity contribution is 5.76. The lowest BCUT2D eigenvalue weighted by Gasteiger charge is -2.32. The minimum absolute atomic E-state index is 0.149. The quantitative estimate of drug-likeness (QED) is 0.799. The smallest absolute Gasteiger partial charge is 0.223 e. The van der Waals surface area contributed by atoms with Crippen molar-refractivity contribution >= 4 is 5.91 Å². The van der Waals surface area contributed by atoms with Crippen molar-refractivity contribution in [1.82, 2.24) is 19.7 Å². The Morgan fingerprint density at radius 2 is 1.88 bits per heavy atom. The van der Waals surface area contributed by atoms with Crippen molar-refractivity contribution in [3.8, 4) is 11.5 Å². The van der Waals surface area contributed by atoms with E-state index in [0.717, 1.165) is 43.3 Å². The molecule has 0 aliphatic carbocycles. The molecule has 2 aromatic rings. The number of hydrogen-bond donors (Lipinski definition) is 0. The highest BCUT2D eigenvalue weighted by Gasteiger charge is 2.24. The SMILES string of the molecule is COc1ccc(OC2CCN(C(=O)CCc3nncn3C)CC2)cc1. The van der Waals surface area contributed by atoms with Crippen molar-refractivity contribution in [3.63, 3.8) is 0 Å². The van der Waals surface area contributed by atoms with Crippen LogP contribution >= 0.6 is 0 Å². The van der Waals surface area contributed by atoms with E-state index in [1.807, 2.05) is 40.8 Å². The van der Waals surface area contributed by atoms with Crippen molar-refractivity contribution in [2.45, 2.75) is 31.8 Å². The van der Waals surface area contributed by atoms with Crippen LogP contribution in [0.1, 0.15) is 25.1 Å². The van der Waals surface area contributed by atoms with Crippen LogP contribution in [0.4, 0.5) is 0 Å². The van der Waals surface area contributed by atoms with E-state index in [-0.39, 0.29) is 12.0 Å².